The van der Waals surface area contributed by atoms with Crippen molar-refractivity contribution in [1.29, 1.82) is 0 Å². The van der Waals surface area contributed by atoms with Gasteiger partial charge in [0.05, 0.1) is 6.04 Å². The minimum Gasteiger partial charge on any atom is -0.317 e. The number of nitrogens with zero attached hydrogens (tertiary/aromatic N) is 2. The molecule has 0 saturated carbocycles. The zero-order valence-electron chi connectivity index (χ0n) is 14.6. The minimum atomic E-state index is -4.84. The maximum absolute atomic E-state index is 12.4. The van der Waals surface area contributed by atoms with E-state index in [0.717, 1.165) is 30.8 Å². The van der Waals surface area contributed by atoms with Gasteiger partial charge in [0.15, 0.2) is 0 Å². The summed E-state index contributed by atoms with van der Waals surface area (Å²) in [5.41, 5.74) is 4.71. The van der Waals surface area contributed by atoms with Crippen molar-refractivity contribution in [2.45, 2.75) is 44.2 Å². The van der Waals surface area contributed by atoms with E-state index in [4.69, 9.17) is 4.55 Å². The Morgan fingerprint density at radius 3 is 2.56 bits per heavy atom. The summed E-state index contributed by atoms with van der Waals surface area (Å²) in [4.78, 5) is 37.8. The van der Waals surface area contributed by atoms with Crippen molar-refractivity contribution in [2.24, 2.45) is 5.92 Å². The third-order valence-corrected chi connectivity index (χ3v) is 5.41. The van der Waals surface area contributed by atoms with Crippen LogP contribution in [-0.2, 0) is 24.3 Å². The first kappa shape index (κ1) is 19.8. The van der Waals surface area contributed by atoms with Gasteiger partial charge in [-0.05, 0) is 44.7 Å². The van der Waals surface area contributed by atoms with Gasteiger partial charge in [0.1, 0.15) is 6.04 Å². The quantitative estimate of drug-likeness (QED) is 0.319. The van der Waals surface area contributed by atoms with E-state index in [9.17, 15) is 22.8 Å². The Kier molecular flexibility index (Phi) is 5.83. The number of fused-ring (bicyclic) bond motifs is 2. The van der Waals surface area contributed by atoms with E-state index in [0.29, 0.717) is 17.9 Å². The number of piperidine rings is 2. The maximum atomic E-state index is 12.4. The standard InChI is InChI=1S/C14H23N5O7S/c20-12(7-9-3-5-15-6-4-9)16-17-13(21)11-2-1-10-8-18(11)14(22)19(10)26-27(23,24)25/h9-11,15H,1-8H2,(H,16,20)(H,17,21)(H,23,24,25)/t10-,11+/m0/s1. The summed E-state index contributed by atoms with van der Waals surface area (Å²) in [5, 5.41) is 3.78. The second kappa shape index (κ2) is 7.96. The highest BCUT2D eigenvalue weighted by molar-refractivity contribution is 7.80. The Bertz CT molecular complexity index is 709. The van der Waals surface area contributed by atoms with Gasteiger partial charge in [0, 0.05) is 13.0 Å². The van der Waals surface area contributed by atoms with E-state index >= 15 is 0 Å². The summed E-state index contributed by atoms with van der Waals surface area (Å²) in [6.07, 6.45) is 2.71. The van der Waals surface area contributed by atoms with Gasteiger partial charge in [0.25, 0.3) is 5.91 Å². The molecule has 2 atom stereocenters. The Hall–Kier alpha value is -1.96. The van der Waals surface area contributed by atoms with Crippen molar-refractivity contribution in [2.75, 3.05) is 19.6 Å². The SMILES string of the molecule is O=C(CC1CCNCC1)NNC(=O)[C@H]1CC[C@H]2CN1C(=O)N2OS(=O)(=O)O. The summed E-state index contributed by atoms with van der Waals surface area (Å²) >= 11 is 0. The summed E-state index contributed by atoms with van der Waals surface area (Å²) in [6, 6.07) is -2.25. The molecule has 0 aliphatic carbocycles. The molecule has 12 nitrogen and oxygen atoms in total. The largest absolute Gasteiger partial charge is 0.418 e. The highest BCUT2D eigenvalue weighted by Gasteiger charge is 2.49. The molecule has 4 N–H and O–H groups in total. The molecular weight excluding hydrogens is 382 g/mol. The second-order valence-corrected chi connectivity index (χ2v) is 7.95. The van der Waals surface area contributed by atoms with Crippen LogP contribution in [0.1, 0.15) is 32.1 Å². The van der Waals surface area contributed by atoms with Crippen molar-refractivity contribution in [3.8, 4) is 0 Å². The van der Waals surface area contributed by atoms with Crippen LogP contribution in [-0.4, -0.2) is 72.5 Å². The molecule has 13 heteroatoms. The lowest BCUT2D eigenvalue weighted by molar-refractivity contribution is -0.132. The van der Waals surface area contributed by atoms with Crippen LogP contribution in [0.5, 0.6) is 0 Å². The molecule has 0 aromatic carbocycles. The molecule has 4 amide bonds. The van der Waals surface area contributed by atoms with Crippen LogP contribution in [0, 0.1) is 5.92 Å². The van der Waals surface area contributed by atoms with Crippen LogP contribution >= 0.6 is 0 Å². The zero-order valence-corrected chi connectivity index (χ0v) is 15.4. The predicted octanol–water partition coefficient (Wildman–Crippen LogP) is -1.47. The molecule has 2 bridgehead atoms. The lowest BCUT2D eigenvalue weighted by Crippen LogP contribution is -2.54. The Labute approximate surface area is 156 Å². The summed E-state index contributed by atoms with van der Waals surface area (Å²) < 4.78 is 34.8. The number of hydroxylamine groups is 2. The van der Waals surface area contributed by atoms with E-state index in [1.165, 1.54) is 0 Å². The first-order chi connectivity index (χ1) is 12.7. The number of rotatable bonds is 5. The van der Waals surface area contributed by atoms with Crippen LogP contribution in [0.3, 0.4) is 0 Å². The van der Waals surface area contributed by atoms with Gasteiger partial charge in [-0.25, -0.2) is 4.79 Å². The predicted molar refractivity (Wildman–Crippen MR) is 89.9 cm³/mol. The molecule has 0 radical (unpaired) electrons. The van der Waals surface area contributed by atoms with E-state index in [2.05, 4.69) is 20.5 Å². The van der Waals surface area contributed by atoms with Gasteiger partial charge in [-0.2, -0.15) is 13.5 Å². The second-order valence-electron chi connectivity index (χ2n) is 6.94. The number of nitrogens with one attached hydrogen (secondary N) is 3. The highest BCUT2D eigenvalue weighted by atomic mass is 32.3. The lowest BCUT2D eigenvalue weighted by Gasteiger charge is -2.29. The van der Waals surface area contributed by atoms with Crippen LogP contribution in [0.25, 0.3) is 0 Å². The van der Waals surface area contributed by atoms with Gasteiger partial charge in [-0.3, -0.25) is 25.0 Å². The van der Waals surface area contributed by atoms with Crippen molar-refractivity contribution in [3.63, 3.8) is 0 Å². The van der Waals surface area contributed by atoms with Crippen molar-refractivity contribution in [3.05, 3.63) is 0 Å². The number of urea groups is 1. The fourth-order valence-electron chi connectivity index (χ4n) is 3.72. The topological polar surface area (TPSA) is 157 Å². The molecule has 0 aromatic heterocycles. The number of carbonyl (C=O) groups excluding carboxylic acids is 3. The summed E-state index contributed by atoms with van der Waals surface area (Å²) in [6.45, 7) is 1.83. The van der Waals surface area contributed by atoms with E-state index in [1.807, 2.05) is 0 Å². The van der Waals surface area contributed by atoms with E-state index in [-0.39, 0.29) is 24.8 Å². The van der Waals surface area contributed by atoms with Gasteiger partial charge in [0.2, 0.25) is 5.91 Å². The molecule has 0 spiro atoms. The average Bonchev–Trinajstić information content (AvgIpc) is 2.84. The Morgan fingerprint density at radius 2 is 1.89 bits per heavy atom. The van der Waals surface area contributed by atoms with E-state index < -0.39 is 34.4 Å². The molecule has 3 fully saturated rings. The van der Waals surface area contributed by atoms with Gasteiger partial charge < -0.3 is 10.2 Å². The monoisotopic (exact) mass is 405 g/mol. The average molecular weight is 405 g/mol. The fourth-order valence-corrected chi connectivity index (χ4v) is 4.11. The van der Waals surface area contributed by atoms with Crippen LogP contribution < -0.4 is 16.2 Å². The third kappa shape index (κ3) is 4.86. The smallest absolute Gasteiger partial charge is 0.317 e. The number of hydrazine groups is 1. The Morgan fingerprint density at radius 1 is 1.19 bits per heavy atom. The number of hydrogen-bond donors (Lipinski definition) is 4. The maximum Gasteiger partial charge on any atom is 0.418 e. The molecule has 3 heterocycles. The molecule has 3 rings (SSSR count). The van der Waals surface area contributed by atoms with E-state index in [1.54, 1.807) is 0 Å². The molecule has 0 aromatic rings. The molecule has 3 aliphatic rings. The molecule has 0 unspecified atom stereocenters. The van der Waals surface area contributed by atoms with Crippen molar-refractivity contribution in [1.82, 2.24) is 26.1 Å². The molecular formula is C14H23N5O7S. The first-order valence-electron chi connectivity index (χ1n) is 8.81. The van der Waals surface area contributed by atoms with Crippen molar-refractivity contribution >= 4 is 28.2 Å². The molecule has 152 valence electrons. The Balaban J connectivity index is 1.50. The number of amides is 4. The third-order valence-electron chi connectivity index (χ3n) is 5.06. The summed E-state index contributed by atoms with van der Waals surface area (Å²) in [5.74, 6) is -0.591. The fraction of sp³-hybridized carbons (Fsp3) is 0.786. The number of hydrogen-bond acceptors (Lipinski definition) is 7. The van der Waals surface area contributed by atoms with Crippen LogP contribution in [0.2, 0.25) is 0 Å². The van der Waals surface area contributed by atoms with Gasteiger partial charge in [-0.15, -0.1) is 4.28 Å². The van der Waals surface area contributed by atoms with Crippen LogP contribution in [0.15, 0.2) is 0 Å². The van der Waals surface area contributed by atoms with Crippen molar-refractivity contribution < 1.29 is 31.6 Å². The zero-order chi connectivity index (χ0) is 19.6. The lowest BCUT2D eigenvalue weighted by atomic mass is 9.94. The minimum absolute atomic E-state index is 0.0927. The normalized spacial score (nSPS) is 26.2. The van der Waals surface area contributed by atoms with Crippen LogP contribution in [0.4, 0.5) is 4.79 Å². The summed E-state index contributed by atoms with van der Waals surface area (Å²) in [7, 11) is -4.84. The molecule has 27 heavy (non-hydrogen) atoms. The first-order valence-corrected chi connectivity index (χ1v) is 10.2. The van der Waals surface area contributed by atoms with Gasteiger partial charge in [-0.1, -0.05) is 0 Å². The van der Waals surface area contributed by atoms with Gasteiger partial charge >= 0.3 is 16.4 Å². The molecule has 3 aliphatic heterocycles. The number of carbonyl (C=O) groups is 3. The molecule has 3 saturated heterocycles. The highest BCUT2D eigenvalue weighted by Crippen LogP contribution is 2.30.